The predicted octanol–water partition coefficient (Wildman–Crippen LogP) is -0.0144. The Morgan fingerprint density at radius 1 is 1.23 bits per heavy atom. The maximum Gasteiger partial charge on any atom is 0.324 e. The van der Waals surface area contributed by atoms with Gasteiger partial charge in [-0.15, -0.1) is 0 Å². The van der Waals surface area contributed by atoms with Crippen LogP contribution in [-0.2, 0) is 19.6 Å². The van der Waals surface area contributed by atoms with Crippen LogP contribution in [0, 0.1) is 13.8 Å². The second-order valence-electron chi connectivity index (χ2n) is 4.82. The molecule has 1 aromatic rings. The van der Waals surface area contributed by atoms with E-state index in [2.05, 4.69) is 5.32 Å². The summed E-state index contributed by atoms with van der Waals surface area (Å²) in [5.41, 5.74) is 1.13. The summed E-state index contributed by atoms with van der Waals surface area (Å²) in [6.07, 6.45) is 0. The highest BCUT2D eigenvalue weighted by molar-refractivity contribution is 7.89. The van der Waals surface area contributed by atoms with E-state index in [4.69, 9.17) is 10.2 Å². The summed E-state index contributed by atoms with van der Waals surface area (Å²) in [6.45, 7) is 3.52. The summed E-state index contributed by atoms with van der Waals surface area (Å²) in [5, 5.41) is 20.3. The number of carboxylic acids is 1. The summed E-state index contributed by atoms with van der Waals surface area (Å²) in [6, 6.07) is 1.31. The standard InChI is InChI=1S/C13H18N2O6S/c1-7-4-10(14-9(3)17)5-8(2)12(7)22(20,21)15-11(6-16)13(18)19/h4-5,11,15-16H,6H2,1-3H3,(H,14,17)(H,18,19)/t11-/m1/s1. The Hall–Kier alpha value is -1.97. The van der Waals surface area contributed by atoms with E-state index in [-0.39, 0.29) is 10.8 Å². The van der Waals surface area contributed by atoms with Gasteiger partial charge in [0.1, 0.15) is 6.04 Å². The van der Waals surface area contributed by atoms with Crippen LogP contribution in [0.2, 0.25) is 0 Å². The first kappa shape index (κ1) is 18.1. The molecular formula is C13H18N2O6S. The highest BCUT2D eigenvalue weighted by Crippen LogP contribution is 2.24. The molecule has 1 aromatic carbocycles. The number of aliphatic hydroxyl groups excluding tert-OH is 1. The number of nitrogens with one attached hydrogen (secondary N) is 2. The molecule has 4 N–H and O–H groups in total. The molecule has 1 atom stereocenters. The molecule has 1 amide bonds. The Morgan fingerprint density at radius 2 is 1.73 bits per heavy atom. The average molecular weight is 330 g/mol. The third kappa shape index (κ3) is 4.26. The number of carbonyl (C=O) groups excluding carboxylic acids is 1. The van der Waals surface area contributed by atoms with E-state index in [1.165, 1.54) is 32.9 Å². The summed E-state index contributed by atoms with van der Waals surface area (Å²) in [7, 11) is -4.13. The monoisotopic (exact) mass is 330 g/mol. The quantitative estimate of drug-likeness (QED) is 0.579. The molecule has 0 radical (unpaired) electrons. The van der Waals surface area contributed by atoms with Crippen LogP contribution in [0.1, 0.15) is 18.1 Å². The lowest BCUT2D eigenvalue weighted by Crippen LogP contribution is -2.43. The van der Waals surface area contributed by atoms with E-state index in [1.54, 1.807) is 0 Å². The van der Waals surface area contributed by atoms with Crippen LogP contribution in [0.3, 0.4) is 0 Å². The van der Waals surface area contributed by atoms with E-state index in [9.17, 15) is 18.0 Å². The van der Waals surface area contributed by atoms with Crippen LogP contribution < -0.4 is 10.0 Å². The third-order valence-corrected chi connectivity index (χ3v) is 4.60. The number of rotatable bonds is 6. The molecular weight excluding hydrogens is 312 g/mol. The number of hydrogen-bond acceptors (Lipinski definition) is 5. The number of anilines is 1. The van der Waals surface area contributed by atoms with Crippen molar-refractivity contribution in [2.24, 2.45) is 0 Å². The number of hydrogen-bond donors (Lipinski definition) is 4. The zero-order valence-corrected chi connectivity index (χ0v) is 13.2. The summed E-state index contributed by atoms with van der Waals surface area (Å²) in [4.78, 5) is 21.8. The molecule has 0 unspecified atom stereocenters. The van der Waals surface area contributed by atoms with Gasteiger partial charge in [0.25, 0.3) is 0 Å². The second-order valence-corrected chi connectivity index (χ2v) is 6.47. The Bertz CT molecular complexity index is 675. The fraction of sp³-hybridized carbons (Fsp3) is 0.385. The van der Waals surface area contributed by atoms with Gasteiger partial charge >= 0.3 is 5.97 Å². The van der Waals surface area contributed by atoms with Crippen molar-refractivity contribution >= 4 is 27.6 Å². The largest absolute Gasteiger partial charge is 0.480 e. The maximum absolute atomic E-state index is 12.3. The van der Waals surface area contributed by atoms with Gasteiger partial charge in [-0.2, -0.15) is 4.72 Å². The molecule has 8 nitrogen and oxygen atoms in total. The molecule has 0 spiro atoms. The maximum atomic E-state index is 12.3. The van der Waals surface area contributed by atoms with Crippen LogP contribution in [0.15, 0.2) is 17.0 Å². The zero-order chi connectivity index (χ0) is 17.1. The first-order valence-corrected chi connectivity index (χ1v) is 7.81. The van der Waals surface area contributed by atoms with Gasteiger partial charge in [-0.1, -0.05) is 0 Å². The number of carbonyl (C=O) groups is 2. The summed E-state index contributed by atoms with van der Waals surface area (Å²) in [5.74, 6) is -1.77. The van der Waals surface area contributed by atoms with E-state index >= 15 is 0 Å². The molecule has 0 saturated carbocycles. The van der Waals surface area contributed by atoms with Crippen molar-refractivity contribution < 1.29 is 28.2 Å². The van der Waals surface area contributed by atoms with Crippen molar-refractivity contribution in [3.63, 3.8) is 0 Å². The number of carboxylic acid groups (broad SMARTS) is 1. The third-order valence-electron chi connectivity index (χ3n) is 2.83. The van der Waals surface area contributed by atoms with Gasteiger partial charge < -0.3 is 15.5 Å². The minimum atomic E-state index is -4.13. The minimum absolute atomic E-state index is 0.0821. The Labute approximate surface area is 128 Å². The van der Waals surface area contributed by atoms with Crippen LogP contribution in [-0.4, -0.2) is 43.2 Å². The van der Waals surface area contributed by atoms with Crippen LogP contribution in [0.4, 0.5) is 5.69 Å². The van der Waals surface area contributed by atoms with Gasteiger partial charge in [-0.05, 0) is 37.1 Å². The van der Waals surface area contributed by atoms with Gasteiger partial charge in [0.15, 0.2) is 0 Å². The summed E-state index contributed by atoms with van der Waals surface area (Å²) < 4.78 is 26.6. The Morgan fingerprint density at radius 3 is 2.09 bits per heavy atom. The van der Waals surface area contributed by atoms with Crippen LogP contribution in [0.25, 0.3) is 0 Å². The SMILES string of the molecule is CC(=O)Nc1cc(C)c(S(=O)(=O)N[C@H](CO)C(=O)O)c(C)c1. The van der Waals surface area contributed by atoms with Gasteiger partial charge in [0.05, 0.1) is 11.5 Å². The van der Waals surface area contributed by atoms with Crippen molar-refractivity contribution in [2.75, 3.05) is 11.9 Å². The first-order chi connectivity index (χ1) is 10.1. The first-order valence-electron chi connectivity index (χ1n) is 6.33. The minimum Gasteiger partial charge on any atom is -0.480 e. The number of aryl methyl sites for hydroxylation is 2. The van der Waals surface area contributed by atoms with Gasteiger partial charge in [0, 0.05) is 12.6 Å². The molecule has 0 fully saturated rings. The van der Waals surface area contributed by atoms with E-state index in [0.717, 1.165) is 0 Å². The smallest absolute Gasteiger partial charge is 0.324 e. The fourth-order valence-corrected chi connectivity index (χ4v) is 3.69. The average Bonchev–Trinajstić information content (AvgIpc) is 2.33. The molecule has 9 heteroatoms. The fourth-order valence-electron chi connectivity index (χ4n) is 2.06. The lowest BCUT2D eigenvalue weighted by Gasteiger charge is -2.16. The number of amides is 1. The topological polar surface area (TPSA) is 133 Å². The summed E-state index contributed by atoms with van der Waals surface area (Å²) >= 11 is 0. The molecule has 0 aromatic heterocycles. The lowest BCUT2D eigenvalue weighted by molar-refractivity contribution is -0.139. The van der Waals surface area contributed by atoms with Crippen molar-refractivity contribution in [3.8, 4) is 0 Å². The molecule has 0 aliphatic rings. The van der Waals surface area contributed by atoms with Crippen molar-refractivity contribution in [3.05, 3.63) is 23.3 Å². The molecule has 22 heavy (non-hydrogen) atoms. The molecule has 0 bridgehead atoms. The molecule has 0 saturated heterocycles. The normalized spacial score (nSPS) is 12.7. The predicted molar refractivity (Wildman–Crippen MR) is 79.1 cm³/mol. The number of aliphatic carboxylic acids is 1. The van der Waals surface area contributed by atoms with Gasteiger partial charge in [0.2, 0.25) is 15.9 Å². The van der Waals surface area contributed by atoms with Crippen LogP contribution in [0.5, 0.6) is 0 Å². The van der Waals surface area contributed by atoms with E-state index in [0.29, 0.717) is 16.8 Å². The zero-order valence-electron chi connectivity index (χ0n) is 12.4. The number of benzene rings is 1. The van der Waals surface area contributed by atoms with Crippen molar-refractivity contribution in [1.29, 1.82) is 0 Å². The van der Waals surface area contributed by atoms with Gasteiger partial charge in [-0.25, -0.2) is 8.42 Å². The Kier molecular flexibility index (Phi) is 5.64. The van der Waals surface area contributed by atoms with Crippen molar-refractivity contribution in [2.45, 2.75) is 31.7 Å². The van der Waals surface area contributed by atoms with E-state index < -0.39 is 28.6 Å². The van der Waals surface area contributed by atoms with Crippen LogP contribution >= 0.6 is 0 Å². The molecule has 122 valence electrons. The van der Waals surface area contributed by atoms with E-state index in [1.807, 2.05) is 4.72 Å². The molecule has 0 aliphatic heterocycles. The molecule has 0 heterocycles. The lowest BCUT2D eigenvalue weighted by atomic mass is 10.1. The number of sulfonamides is 1. The Balaban J connectivity index is 3.25. The number of aliphatic hydroxyl groups is 1. The molecule has 0 aliphatic carbocycles. The highest BCUT2D eigenvalue weighted by atomic mass is 32.2. The molecule has 1 rings (SSSR count). The van der Waals surface area contributed by atoms with Gasteiger partial charge in [-0.3, -0.25) is 9.59 Å². The van der Waals surface area contributed by atoms with Crippen molar-refractivity contribution in [1.82, 2.24) is 4.72 Å². The highest BCUT2D eigenvalue weighted by Gasteiger charge is 2.27. The second kappa shape index (κ2) is 6.86.